The van der Waals surface area contributed by atoms with Crippen LogP contribution in [0.4, 0.5) is 0 Å². The Morgan fingerprint density at radius 2 is 1.89 bits per heavy atom. The minimum absolute atomic E-state index is 0.172. The monoisotopic (exact) mass is 245 g/mol. The fourth-order valence-electron chi connectivity index (χ4n) is 2.30. The highest BCUT2D eigenvalue weighted by Gasteiger charge is 2.20. The van der Waals surface area contributed by atoms with Gasteiger partial charge < -0.3 is 4.90 Å². The van der Waals surface area contributed by atoms with Gasteiger partial charge in [0.15, 0.2) is 0 Å². The van der Waals surface area contributed by atoms with E-state index in [2.05, 4.69) is 19.1 Å². The van der Waals surface area contributed by atoms with E-state index >= 15 is 0 Å². The van der Waals surface area contributed by atoms with Crippen LogP contribution in [0.25, 0.3) is 0 Å². The minimum atomic E-state index is 0.172. The van der Waals surface area contributed by atoms with Gasteiger partial charge in [-0.15, -0.1) is 0 Å². The molecule has 0 unspecified atom stereocenters. The number of piperidine rings is 1. The predicted octanol–water partition coefficient (Wildman–Crippen LogP) is 2.12. The Kier molecular flexibility index (Phi) is 4.13. The zero-order chi connectivity index (χ0) is 13.0. The molecule has 1 aromatic carbocycles. The van der Waals surface area contributed by atoms with Gasteiger partial charge in [-0.2, -0.15) is 0 Å². The van der Waals surface area contributed by atoms with E-state index < -0.39 is 0 Å². The lowest BCUT2D eigenvalue weighted by molar-refractivity contribution is -0.134. The lowest BCUT2D eigenvalue weighted by Gasteiger charge is -2.26. The van der Waals surface area contributed by atoms with Crippen LogP contribution in [0.1, 0.15) is 30.4 Å². The summed E-state index contributed by atoms with van der Waals surface area (Å²) >= 11 is 0. The van der Waals surface area contributed by atoms with Crippen LogP contribution in [-0.2, 0) is 16.0 Å². The van der Waals surface area contributed by atoms with Crippen molar-refractivity contribution in [3.05, 3.63) is 35.4 Å². The van der Waals surface area contributed by atoms with Crippen molar-refractivity contribution in [1.29, 1.82) is 0 Å². The van der Waals surface area contributed by atoms with Gasteiger partial charge in [-0.25, -0.2) is 0 Å². The number of benzene rings is 1. The molecule has 0 bridgehead atoms. The number of nitrogens with zero attached hydrogens (tertiary/aromatic N) is 1. The quantitative estimate of drug-likeness (QED) is 0.818. The SMILES string of the molecule is Cc1ccccc1CCC(=O)N1CCC(=O)CC1. The number of hydrogen-bond donors (Lipinski definition) is 0. The summed E-state index contributed by atoms with van der Waals surface area (Å²) in [6.07, 6.45) is 2.38. The highest BCUT2D eigenvalue weighted by atomic mass is 16.2. The first-order valence-corrected chi connectivity index (χ1v) is 6.51. The van der Waals surface area contributed by atoms with Gasteiger partial charge in [-0.1, -0.05) is 24.3 Å². The fourth-order valence-corrected chi connectivity index (χ4v) is 2.30. The summed E-state index contributed by atoms with van der Waals surface area (Å²) in [7, 11) is 0. The van der Waals surface area contributed by atoms with Crippen LogP contribution in [0.3, 0.4) is 0 Å². The standard InChI is InChI=1S/C15H19NO2/c1-12-4-2-3-5-13(12)6-7-15(18)16-10-8-14(17)9-11-16/h2-5H,6-11H2,1H3. The molecule has 96 valence electrons. The molecule has 1 heterocycles. The predicted molar refractivity (Wildman–Crippen MR) is 70.3 cm³/mol. The van der Waals surface area contributed by atoms with Crippen LogP contribution in [0, 0.1) is 6.92 Å². The molecule has 0 atom stereocenters. The van der Waals surface area contributed by atoms with E-state index in [-0.39, 0.29) is 11.7 Å². The maximum Gasteiger partial charge on any atom is 0.222 e. The second-order valence-corrected chi connectivity index (χ2v) is 4.85. The van der Waals surface area contributed by atoms with Crippen molar-refractivity contribution in [1.82, 2.24) is 4.90 Å². The van der Waals surface area contributed by atoms with Crippen LogP contribution < -0.4 is 0 Å². The molecule has 0 aliphatic carbocycles. The van der Waals surface area contributed by atoms with E-state index in [0.717, 1.165) is 6.42 Å². The van der Waals surface area contributed by atoms with Crippen molar-refractivity contribution in [2.45, 2.75) is 32.6 Å². The van der Waals surface area contributed by atoms with E-state index in [1.165, 1.54) is 11.1 Å². The number of hydrogen-bond acceptors (Lipinski definition) is 2. The number of aryl methyl sites for hydroxylation is 2. The summed E-state index contributed by atoms with van der Waals surface area (Å²) in [6.45, 7) is 3.27. The van der Waals surface area contributed by atoms with Gasteiger partial charge >= 0.3 is 0 Å². The Morgan fingerprint density at radius 3 is 2.56 bits per heavy atom. The zero-order valence-corrected chi connectivity index (χ0v) is 10.8. The fraction of sp³-hybridized carbons (Fsp3) is 0.467. The molecular weight excluding hydrogens is 226 g/mol. The number of carbonyl (C=O) groups is 2. The number of amides is 1. The Labute approximate surface area is 108 Å². The molecule has 0 radical (unpaired) electrons. The van der Waals surface area contributed by atoms with Crippen LogP contribution in [0.2, 0.25) is 0 Å². The lowest BCUT2D eigenvalue weighted by Crippen LogP contribution is -2.38. The summed E-state index contributed by atoms with van der Waals surface area (Å²) in [5, 5.41) is 0. The molecule has 0 spiro atoms. The van der Waals surface area contributed by atoms with E-state index in [1.807, 2.05) is 17.0 Å². The first kappa shape index (κ1) is 12.8. The molecule has 1 aliphatic heterocycles. The molecular formula is C15H19NO2. The van der Waals surface area contributed by atoms with Crippen molar-refractivity contribution in [2.75, 3.05) is 13.1 Å². The molecule has 2 rings (SSSR count). The third-order valence-corrected chi connectivity index (χ3v) is 3.54. The van der Waals surface area contributed by atoms with Crippen molar-refractivity contribution in [3.8, 4) is 0 Å². The number of likely N-dealkylation sites (tertiary alicyclic amines) is 1. The molecule has 1 fully saturated rings. The Morgan fingerprint density at radius 1 is 1.22 bits per heavy atom. The number of carbonyl (C=O) groups excluding carboxylic acids is 2. The molecule has 1 aliphatic rings. The zero-order valence-electron chi connectivity index (χ0n) is 10.8. The Balaban J connectivity index is 1.85. The average Bonchev–Trinajstić information content (AvgIpc) is 2.38. The van der Waals surface area contributed by atoms with Crippen LogP contribution in [0.15, 0.2) is 24.3 Å². The second-order valence-electron chi connectivity index (χ2n) is 4.85. The topological polar surface area (TPSA) is 37.4 Å². The maximum absolute atomic E-state index is 12.0. The van der Waals surface area contributed by atoms with Gasteiger partial charge in [0.1, 0.15) is 5.78 Å². The summed E-state index contributed by atoms with van der Waals surface area (Å²) in [4.78, 5) is 24.9. The minimum Gasteiger partial charge on any atom is -0.342 e. The third kappa shape index (κ3) is 3.19. The van der Waals surface area contributed by atoms with Crippen molar-refractivity contribution in [3.63, 3.8) is 0 Å². The highest BCUT2D eigenvalue weighted by molar-refractivity contribution is 5.83. The van der Waals surface area contributed by atoms with Gasteiger partial charge in [0, 0.05) is 32.4 Å². The van der Waals surface area contributed by atoms with Crippen molar-refractivity contribution < 1.29 is 9.59 Å². The van der Waals surface area contributed by atoms with Crippen LogP contribution in [0.5, 0.6) is 0 Å². The van der Waals surface area contributed by atoms with E-state index in [4.69, 9.17) is 0 Å². The summed E-state index contributed by atoms with van der Waals surface area (Å²) in [5.74, 6) is 0.448. The lowest BCUT2D eigenvalue weighted by atomic mass is 10.0. The molecule has 1 amide bonds. The number of Topliss-reactive ketones (excluding diaryl/α,β-unsaturated/α-hetero) is 1. The Hall–Kier alpha value is -1.64. The normalized spacial score (nSPS) is 15.8. The molecule has 0 saturated carbocycles. The first-order chi connectivity index (χ1) is 8.66. The summed E-state index contributed by atoms with van der Waals surface area (Å²) in [5.41, 5.74) is 2.47. The van der Waals surface area contributed by atoms with E-state index in [9.17, 15) is 9.59 Å². The smallest absolute Gasteiger partial charge is 0.222 e. The van der Waals surface area contributed by atoms with Gasteiger partial charge in [0.2, 0.25) is 5.91 Å². The first-order valence-electron chi connectivity index (χ1n) is 6.51. The van der Waals surface area contributed by atoms with E-state index in [0.29, 0.717) is 32.4 Å². The molecule has 0 aromatic heterocycles. The van der Waals surface area contributed by atoms with Gasteiger partial charge in [0.25, 0.3) is 0 Å². The molecule has 18 heavy (non-hydrogen) atoms. The average molecular weight is 245 g/mol. The molecule has 3 heteroatoms. The van der Waals surface area contributed by atoms with Crippen molar-refractivity contribution in [2.24, 2.45) is 0 Å². The highest BCUT2D eigenvalue weighted by Crippen LogP contribution is 2.12. The molecule has 1 aromatic rings. The summed E-state index contributed by atoms with van der Waals surface area (Å²) < 4.78 is 0. The van der Waals surface area contributed by atoms with Crippen LogP contribution >= 0.6 is 0 Å². The maximum atomic E-state index is 12.0. The van der Waals surface area contributed by atoms with Crippen molar-refractivity contribution >= 4 is 11.7 Å². The largest absolute Gasteiger partial charge is 0.342 e. The van der Waals surface area contributed by atoms with Crippen LogP contribution in [-0.4, -0.2) is 29.7 Å². The van der Waals surface area contributed by atoms with Gasteiger partial charge in [-0.05, 0) is 24.5 Å². The molecule has 0 N–H and O–H groups in total. The number of rotatable bonds is 3. The summed E-state index contributed by atoms with van der Waals surface area (Å²) in [6, 6.07) is 8.16. The third-order valence-electron chi connectivity index (χ3n) is 3.54. The second kappa shape index (κ2) is 5.80. The van der Waals surface area contributed by atoms with E-state index in [1.54, 1.807) is 0 Å². The number of ketones is 1. The van der Waals surface area contributed by atoms with Gasteiger partial charge in [-0.3, -0.25) is 9.59 Å². The Bertz CT molecular complexity index is 444. The van der Waals surface area contributed by atoms with Gasteiger partial charge in [0.05, 0.1) is 0 Å². The molecule has 1 saturated heterocycles. The molecule has 3 nitrogen and oxygen atoms in total.